The fourth-order valence-electron chi connectivity index (χ4n) is 3.20. The monoisotopic (exact) mass is 484 g/mol. The van der Waals surface area contributed by atoms with Crippen molar-refractivity contribution >= 4 is 29.5 Å². The Morgan fingerprint density at radius 1 is 0.694 bits per heavy atom. The van der Waals surface area contributed by atoms with E-state index in [9.17, 15) is 24.6 Å². The van der Waals surface area contributed by atoms with E-state index >= 15 is 0 Å². The van der Waals surface area contributed by atoms with Crippen molar-refractivity contribution in [3.8, 4) is 23.0 Å². The molecule has 2 N–H and O–H groups in total. The molecule has 0 saturated heterocycles. The van der Waals surface area contributed by atoms with Gasteiger partial charge in [-0.05, 0) is 47.5 Å². The molecule has 0 atom stereocenters. The van der Waals surface area contributed by atoms with Crippen LogP contribution in [0.25, 0.3) is 12.2 Å². The number of ether oxygens (including phenoxy) is 2. The second kappa shape index (κ2) is 12.0. The zero-order valence-electron chi connectivity index (χ0n) is 19.7. The molecule has 3 aromatic carbocycles. The zero-order chi connectivity index (χ0) is 26.1. The molecule has 0 unspecified atom stereocenters. The second-order valence-electron chi connectivity index (χ2n) is 7.55. The summed E-state index contributed by atoms with van der Waals surface area (Å²) >= 11 is 0. The largest absolute Gasteiger partial charge is 0.504 e. The van der Waals surface area contributed by atoms with Gasteiger partial charge in [-0.25, -0.2) is 0 Å². The molecule has 0 aliphatic carbocycles. The number of methoxy groups -OCH3 is 2. The van der Waals surface area contributed by atoms with Crippen LogP contribution in [-0.2, 0) is 9.59 Å². The van der Waals surface area contributed by atoms with Crippen molar-refractivity contribution < 1.29 is 34.1 Å². The number of aromatic hydroxyl groups is 2. The minimum Gasteiger partial charge on any atom is -0.504 e. The number of ketones is 3. The van der Waals surface area contributed by atoms with Crippen LogP contribution in [0.2, 0.25) is 0 Å². The molecule has 3 aromatic rings. The third kappa shape index (κ3) is 6.57. The molecular formula is C29H24O7. The molecule has 0 aliphatic heterocycles. The fourth-order valence-corrected chi connectivity index (χ4v) is 3.20. The quantitative estimate of drug-likeness (QED) is 0.184. The smallest absolute Gasteiger partial charge is 0.189 e. The van der Waals surface area contributed by atoms with Crippen LogP contribution < -0.4 is 9.47 Å². The topological polar surface area (TPSA) is 110 Å². The van der Waals surface area contributed by atoms with E-state index in [1.807, 2.05) is 0 Å². The van der Waals surface area contributed by atoms with E-state index in [1.165, 1.54) is 62.8 Å². The van der Waals surface area contributed by atoms with Gasteiger partial charge in [0, 0.05) is 11.6 Å². The van der Waals surface area contributed by atoms with Gasteiger partial charge in [0.1, 0.15) is 0 Å². The molecule has 182 valence electrons. The first-order valence-corrected chi connectivity index (χ1v) is 10.8. The van der Waals surface area contributed by atoms with Crippen molar-refractivity contribution in [2.75, 3.05) is 14.2 Å². The van der Waals surface area contributed by atoms with Crippen LogP contribution in [0.3, 0.4) is 0 Å². The first-order chi connectivity index (χ1) is 17.3. The zero-order valence-corrected chi connectivity index (χ0v) is 19.7. The number of phenols is 2. The average molecular weight is 485 g/mol. The van der Waals surface area contributed by atoms with Crippen LogP contribution in [0.5, 0.6) is 23.0 Å². The van der Waals surface area contributed by atoms with Gasteiger partial charge in [-0.1, -0.05) is 54.6 Å². The van der Waals surface area contributed by atoms with Crippen molar-refractivity contribution in [3.05, 3.63) is 107 Å². The second-order valence-corrected chi connectivity index (χ2v) is 7.55. The Kier molecular flexibility index (Phi) is 8.56. The number of allylic oxidation sites excluding steroid dienone is 4. The Morgan fingerprint density at radius 2 is 1.17 bits per heavy atom. The highest BCUT2D eigenvalue weighted by Gasteiger charge is 2.17. The van der Waals surface area contributed by atoms with Crippen molar-refractivity contribution in [2.24, 2.45) is 0 Å². The number of rotatable bonds is 10. The van der Waals surface area contributed by atoms with Crippen molar-refractivity contribution in [2.45, 2.75) is 0 Å². The minimum absolute atomic E-state index is 0.0544. The van der Waals surface area contributed by atoms with Gasteiger partial charge in [0.05, 0.1) is 19.8 Å². The lowest BCUT2D eigenvalue weighted by atomic mass is 10.00. The van der Waals surface area contributed by atoms with Gasteiger partial charge < -0.3 is 19.7 Å². The van der Waals surface area contributed by atoms with Gasteiger partial charge in [-0.15, -0.1) is 0 Å². The minimum atomic E-state index is -0.677. The standard InChI is InChI=1S/C29H24O7/c1-35-28-16-19(10-14-25(28)32)8-12-23(30)22(18-27(34)21-6-4-3-5-7-21)24(31)13-9-20-11-15-26(33)29(17-20)36-2/h3-18,32-33H,1-2H3/b12-8+,13-9+. The van der Waals surface area contributed by atoms with Crippen molar-refractivity contribution in [1.82, 2.24) is 0 Å². The number of phenolic OH excluding ortho intramolecular Hbond substituents is 2. The molecule has 0 bridgehead atoms. The number of carbonyl (C=O) groups is 3. The molecule has 0 amide bonds. The van der Waals surface area contributed by atoms with Gasteiger partial charge in [0.2, 0.25) is 0 Å². The number of hydrogen-bond acceptors (Lipinski definition) is 7. The number of carbonyl (C=O) groups excluding carboxylic acids is 3. The fraction of sp³-hybridized carbons (Fsp3) is 0.0690. The molecule has 7 heteroatoms. The maximum atomic E-state index is 13.0. The molecular weight excluding hydrogens is 460 g/mol. The Labute approximate surface area is 208 Å². The van der Waals surface area contributed by atoms with Crippen molar-refractivity contribution in [1.29, 1.82) is 0 Å². The predicted octanol–water partition coefficient (Wildman–Crippen LogP) is 4.79. The maximum absolute atomic E-state index is 13.0. The molecule has 0 saturated carbocycles. The van der Waals surface area contributed by atoms with E-state index in [0.717, 1.165) is 6.08 Å². The first-order valence-electron chi connectivity index (χ1n) is 10.8. The predicted molar refractivity (Wildman–Crippen MR) is 136 cm³/mol. The van der Waals surface area contributed by atoms with Gasteiger partial charge in [0.25, 0.3) is 0 Å². The Balaban J connectivity index is 1.92. The van der Waals surface area contributed by atoms with E-state index in [-0.39, 0.29) is 28.6 Å². The molecule has 3 rings (SSSR count). The van der Waals surface area contributed by atoms with Crippen molar-refractivity contribution in [3.63, 3.8) is 0 Å². The van der Waals surface area contributed by atoms with E-state index in [1.54, 1.807) is 42.5 Å². The summed E-state index contributed by atoms with van der Waals surface area (Å²) in [4.78, 5) is 38.8. The third-order valence-corrected chi connectivity index (χ3v) is 5.13. The van der Waals surface area contributed by atoms with Gasteiger partial charge in [0.15, 0.2) is 40.3 Å². The van der Waals surface area contributed by atoms with Gasteiger partial charge in [-0.2, -0.15) is 0 Å². The summed E-state index contributed by atoms with van der Waals surface area (Å²) in [5, 5.41) is 19.5. The lowest BCUT2D eigenvalue weighted by Gasteiger charge is -2.05. The molecule has 0 spiro atoms. The third-order valence-electron chi connectivity index (χ3n) is 5.13. The summed E-state index contributed by atoms with van der Waals surface area (Å²) in [6, 6.07) is 17.3. The number of hydrogen-bond donors (Lipinski definition) is 2. The molecule has 0 radical (unpaired) electrons. The number of benzene rings is 3. The maximum Gasteiger partial charge on any atom is 0.189 e. The van der Waals surface area contributed by atoms with Crippen LogP contribution in [0.15, 0.2) is 90.5 Å². The Morgan fingerprint density at radius 3 is 1.61 bits per heavy atom. The lowest BCUT2D eigenvalue weighted by Crippen LogP contribution is -2.11. The summed E-state index contributed by atoms with van der Waals surface area (Å²) in [5.74, 6) is -1.51. The molecule has 0 heterocycles. The summed E-state index contributed by atoms with van der Waals surface area (Å²) in [6.07, 6.45) is 6.26. The molecule has 36 heavy (non-hydrogen) atoms. The van der Waals surface area contributed by atoms with Gasteiger partial charge >= 0.3 is 0 Å². The summed E-state index contributed by atoms with van der Waals surface area (Å²) in [6.45, 7) is 0. The summed E-state index contributed by atoms with van der Waals surface area (Å²) in [7, 11) is 2.80. The Hall–Kier alpha value is -4.91. The highest BCUT2D eigenvalue weighted by molar-refractivity contribution is 6.31. The summed E-state index contributed by atoms with van der Waals surface area (Å²) in [5.41, 5.74) is 1.10. The van der Waals surface area contributed by atoms with E-state index in [0.29, 0.717) is 16.7 Å². The van der Waals surface area contributed by atoms with Crippen LogP contribution in [0.1, 0.15) is 21.5 Å². The van der Waals surface area contributed by atoms with Crippen LogP contribution in [-0.4, -0.2) is 41.8 Å². The van der Waals surface area contributed by atoms with E-state index in [4.69, 9.17) is 9.47 Å². The first kappa shape index (κ1) is 25.7. The molecule has 7 nitrogen and oxygen atoms in total. The highest BCUT2D eigenvalue weighted by Crippen LogP contribution is 2.28. The SMILES string of the molecule is COc1cc(/C=C/C(=O)C(=CC(=O)c2ccccc2)C(=O)/C=C/c2ccc(O)c(OC)c2)ccc1O. The summed E-state index contributed by atoms with van der Waals surface area (Å²) < 4.78 is 10.1. The van der Waals surface area contributed by atoms with Gasteiger partial charge in [-0.3, -0.25) is 14.4 Å². The molecule has 0 fully saturated rings. The van der Waals surface area contributed by atoms with Crippen LogP contribution >= 0.6 is 0 Å². The average Bonchev–Trinajstić information content (AvgIpc) is 2.90. The highest BCUT2D eigenvalue weighted by atomic mass is 16.5. The normalized spacial score (nSPS) is 10.8. The molecule has 0 aliphatic rings. The Bertz CT molecular complexity index is 1290. The molecule has 0 aromatic heterocycles. The lowest BCUT2D eigenvalue weighted by molar-refractivity contribution is -0.116. The van der Waals surface area contributed by atoms with E-state index in [2.05, 4.69) is 0 Å². The van der Waals surface area contributed by atoms with Crippen LogP contribution in [0.4, 0.5) is 0 Å². The van der Waals surface area contributed by atoms with Crippen LogP contribution in [0, 0.1) is 0 Å². The van der Waals surface area contributed by atoms with E-state index < -0.39 is 17.3 Å².